The molecule has 0 bridgehead atoms. The molecule has 1 fully saturated rings. The summed E-state index contributed by atoms with van der Waals surface area (Å²) < 4.78 is 5.13. The van der Waals surface area contributed by atoms with E-state index in [1.807, 2.05) is 27.7 Å². The van der Waals surface area contributed by atoms with Crippen molar-refractivity contribution in [1.82, 2.24) is 15.6 Å². The van der Waals surface area contributed by atoms with Crippen molar-refractivity contribution in [1.29, 1.82) is 0 Å². The van der Waals surface area contributed by atoms with Gasteiger partial charge in [-0.05, 0) is 74.0 Å². The maximum Gasteiger partial charge on any atom is 0.317 e. The smallest absolute Gasteiger partial charge is 0.317 e. The number of methoxy groups -OCH3 is 1. The van der Waals surface area contributed by atoms with Crippen molar-refractivity contribution in [3.8, 4) is 0 Å². The number of H-pyrrole nitrogens is 1. The third-order valence-corrected chi connectivity index (χ3v) is 10.4. The number of aliphatic imine (C=N–C) groups is 1. The standard InChI is InChI=1S/C35H42N4O8/c1-7-19-15(2)23(39-34(19)45)12-22-17(4)21(8-9-27(42)43)31(37-22)29-30(35(46)47-6)33(44)28-18(5)24(38-32(28)29)13-25-20(10-11-40)16(3)26(14-41)36-25/h7,14,23,25-26,29-30,32,36-37,40H,1,8-13H2,2-6H3,(H,39,45)(H,42,43). The average Bonchev–Trinajstić information content (AvgIpc) is 3.77. The maximum absolute atomic E-state index is 14.1. The Bertz CT molecular complexity index is 1690. The number of nitrogens with one attached hydrogen (secondary N) is 3. The number of nitrogens with zero attached hydrogens (tertiary/aromatic N) is 1. The van der Waals surface area contributed by atoms with Crippen LogP contribution in [0.4, 0.5) is 0 Å². The number of aliphatic carboxylic acids is 1. The van der Waals surface area contributed by atoms with Gasteiger partial charge in [-0.3, -0.25) is 29.5 Å². The molecular formula is C35H42N4O8. The van der Waals surface area contributed by atoms with Gasteiger partial charge in [-0.1, -0.05) is 12.7 Å². The van der Waals surface area contributed by atoms with E-state index in [1.165, 1.54) is 13.2 Å². The first-order valence-corrected chi connectivity index (χ1v) is 15.9. The van der Waals surface area contributed by atoms with Gasteiger partial charge in [0.05, 0.1) is 25.2 Å². The molecule has 6 unspecified atom stereocenters. The van der Waals surface area contributed by atoms with E-state index < -0.39 is 35.9 Å². The topological polar surface area (TPSA) is 187 Å². The number of rotatable bonds is 13. The van der Waals surface area contributed by atoms with Crippen molar-refractivity contribution in [3.05, 3.63) is 68.6 Å². The lowest BCUT2D eigenvalue weighted by Gasteiger charge is -2.21. The molecule has 6 atom stereocenters. The first-order chi connectivity index (χ1) is 22.4. The Labute approximate surface area is 273 Å². The van der Waals surface area contributed by atoms with Crippen molar-refractivity contribution < 1.29 is 38.9 Å². The molecule has 1 amide bonds. The fourth-order valence-electron chi connectivity index (χ4n) is 7.78. The molecule has 12 heteroatoms. The molecule has 1 aromatic rings. The number of Topliss-reactive ketones (excluding diaryl/α,β-unsaturated/α-hetero) is 1. The van der Waals surface area contributed by atoms with Crippen molar-refractivity contribution in [2.24, 2.45) is 10.9 Å². The molecule has 1 saturated carbocycles. The Hall–Kier alpha value is -4.42. The fraction of sp³-hybridized carbons (Fsp3) is 0.486. The predicted molar refractivity (Wildman–Crippen MR) is 173 cm³/mol. The van der Waals surface area contributed by atoms with Crippen LogP contribution in [0.25, 0.3) is 0 Å². The first-order valence-electron chi connectivity index (χ1n) is 15.9. The lowest BCUT2D eigenvalue weighted by Crippen LogP contribution is -2.35. The number of carboxylic acids is 1. The number of fused-ring (bicyclic) bond motifs is 1. The number of aromatic nitrogens is 1. The van der Waals surface area contributed by atoms with E-state index in [-0.39, 0.29) is 43.2 Å². The Kier molecular flexibility index (Phi) is 9.65. The lowest BCUT2D eigenvalue weighted by molar-refractivity contribution is -0.148. The zero-order chi connectivity index (χ0) is 34.3. The number of esters is 1. The van der Waals surface area contributed by atoms with E-state index in [4.69, 9.17) is 9.73 Å². The van der Waals surface area contributed by atoms with Crippen LogP contribution in [0, 0.1) is 12.8 Å². The summed E-state index contributed by atoms with van der Waals surface area (Å²) in [4.78, 5) is 71.8. The number of hydrogen-bond donors (Lipinski definition) is 5. The molecule has 12 nitrogen and oxygen atoms in total. The number of allylic oxidation sites excluding steroid dienone is 1. The number of carboxylic acid groups (broad SMARTS) is 1. The fourth-order valence-corrected chi connectivity index (χ4v) is 7.78. The van der Waals surface area contributed by atoms with Crippen LogP contribution in [-0.4, -0.2) is 88.7 Å². The van der Waals surface area contributed by atoms with Crippen LogP contribution in [0.15, 0.2) is 51.1 Å². The van der Waals surface area contributed by atoms with Crippen LogP contribution < -0.4 is 10.6 Å². The summed E-state index contributed by atoms with van der Waals surface area (Å²) in [7, 11) is 1.23. The SMILES string of the molecule is C=CC1=C(C)C(Cc2[nH]c(C3C4N=C(CC5NC(C=O)C(C)=C5CCO)C(C)=C4C(=O)C3C(=O)OC)c(CCC(=O)O)c2C)NC1=O. The molecule has 0 radical (unpaired) electrons. The molecule has 250 valence electrons. The van der Waals surface area contributed by atoms with Gasteiger partial charge in [-0.2, -0.15) is 0 Å². The number of hydrogen-bond acceptors (Lipinski definition) is 9. The molecule has 0 spiro atoms. The number of aldehydes is 1. The van der Waals surface area contributed by atoms with Gasteiger partial charge in [0.1, 0.15) is 12.2 Å². The molecule has 0 aromatic carbocycles. The molecule has 1 aliphatic carbocycles. The number of carbonyl (C=O) groups is 5. The van der Waals surface area contributed by atoms with Gasteiger partial charge in [-0.15, -0.1) is 0 Å². The van der Waals surface area contributed by atoms with E-state index in [2.05, 4.69) is 22.2 Å². The predicted octanol–water partition coefficient (Wildman–Crippen LogP) is 2.11. The summed E-state index contributed by atoms with van der Waals surface area (Å²) in [6, 6.07) is -1.77. The highest BCUT2D eigenvalue weighted by Crippen LogP contribution is 2.49. The van der Waals surface area contributed by atoms with Gasteiger partial charge in [0, 0.05) is 66.1 Å². The molecule has 47 heavy (non-hydrogen) atoms. The minimum absolute atomic E-state index is 0.0741. The third kappa shape index (κ3) is 5.84. The van der Waals surface area contributed by atoms with E-state index in [0.717, 1.165) is 34.3 Å². The first kappa shape index (κ1) is 33.9. The Morgan fingerprint density at radius 1 is 1.06 bits per heavy atom. The van der Waals surface area contributed by atoms with Crippen LogP contribution in [0.3, 0.4) is 0 Å². The number of ketones is 1. The summed E-state index contributed by atoms with van der Waals surface area (Å²) in [5.74, 6) is -4.25. The molecular weight excluding hydrogens is 604 g/mol. The summed E-state index contributed by atoms with van der Waals surface area (Å²) in [5.41, 5.74) is 7.71. The van der Waals surface area contributed by atoms with E-state index in [1.54, 1.807) is 0 Å². The highest BCUT2D eigenvalue weighted by atomic mass is 16.5. The van der Waals surface area contributed by atoms with E-state index in [0.29, 0.717) is 53.0 Å². The summed E-state index contributed by atoms with van der Waals surface area (Å²) in [6.45, 7) is 11.1. The minimum Gasteiger partial charge on any atom is -0.481 e. The van der Waals surface area contributed by atoms with Gasteiger partial charge in [0.25, 0.3) is 5.91 Å². The quantitative estimate of drug-likeness (QED) is 0.0926. The van der Waals surface area contributed by atoms with Crippen LogP contribution in [0.5, 0.6) is 0 Å². The number of aliphatic hydroxyl groups excluding tert-OH is 1. The van der Waals surface area contributed by atoms with Gasteiger partial charge in [-0.25, -0.2) is 0 Å². The van der Waals surface area contributed by atoms with Gasteiger partial charge >= 0.3 is 11.9 Å². The summed E-state index contributed by atoms with van der Waals surface area (Å²) >= 11 is 0. The second kappa shape index (κ2) is 13.4. The van der Waals surface area contributed by atoms with Crippen molar-refractivity contribution >= 4 is 35.6 Å². The van der Waals surface area contributed by atoms with Gasteiger partial charge in [0.2, 0.25) is 0 Å². The lowest BCUT2D eigenvalue weighted by atomic mass is 9.86. The molecule has 0 saturated heterocycles. The number of ether oxygens (including phenoxy) is 1. The van der Waals surface area contributed by atoms with E-state index in [9.17, 15) is 34.2 Å². The molecule has 5 rings (SSSR count). The highest BCUT2D eigenvalue weighted by molar-refractivity contribution is 6.20. The number of amides is 1. The zero-order valence-electron chi connectivity index (χ0n) is 27.4. The third-order valence-electron chi connectivity index (χ3n) is 10.4. The van der Waals surface area contributed by atoms with Gasteiger partial charge in [0.15, 0.2) is 5.78 Å². The maximum atomic E-state index is 14.1. The average molecular weight is 647 g/mol. The van der Waals surface area contributed by atoms with Crippen molar-refractivity contribution in [2.75, 3.05) is 13.7 Å². The molecule has 4 heterocycles. The monoisotopic (exact) mass is 646 g/mol. The molecule has 3 aliphatic heterocycles. The second-order valence-corrected chi connectivity index (χ2v) is 12.7. The number of aliphatic hydroxyl groups is 1. The molecule has 1 aromatic heterocycles. The Morgan fingerprint density at radius 2 is 1.79 bits per heavy atom. The number of carbonyl (C=O) groups excluding carboxylic acids is 4. The number of aromatic amines is 1. The Balaban J connectivity index is 1.58. The largest absolute Gasteiger partial charge is 0.481 e. The highest BCUT2D eigenvalue weighted by Gasteiger charge is 2.55. The van der Waals surface area contributed by atoms with Gasteiger partial charge < -0.3 is 30.0 Å². The van der Waals surface area contributed by atoms with Crippen LogP contribution >= 0.6 is 0 Å². The van der Waals surface area contributed by atoms with Crippen molar-refractivity contribution in [2.45, 2.75) is 89.9 Å². The minimum atomic E-state index is -1.19. The van der Waals surface area contributed by atoms with Crippen LogP contribution in [0.2, 0.25) is 0 Å². The second-order valence-electron chi connectivity index (χ2n) is 12.7. The van der Waals surface area contributed by atoms with Crippen molar-refractivity contribution in [3.63, 3.8) is 0 Å². The van der Waals surface area contributed by atoms with E-state index >= 15 is 0 Å². The normalized spacial score (nSPS) is 27.1. The molecule has 4 aliphatic rings. The Morgan fingerprint density at radius 3 is 2.38 bits per heavy atom. The summed E-state index contributed by atoms with van der Waals surface area (Å²) in [5, 5.41) is 25.6. The molecule has 5 N–H and O–H groups in total. The van der Waals surface area contributed by atoms with Crippen LogP contribution in [-0.2, 0) is 41.6 Å². The zero-order valence-corrected chi connectivity index (χ0v) is 27.4. The summed E-state index contributed by atoms with van der Waals surface area (Å²) in [6.07, 6.45) is 3.51. The van der Waals surface area contributed by atoms with Crippen LogP contribution in [0.1, 0.15) is 68.5 Å².